The third kappa shape index (κ3) is 3.90. The predicted octanol–water partition coefficient (Wildman–Crippen LogP) is 1.62. The lowest BCUT2D eigenvalue weighted by Gasteiger charge is -2.44. The summed E-state index contributed by atoms with van der Waals surface area (Å²) in [5.74, 6) is -7.63. The highest BCUT2D eigenvalue weighted by Gasteiger charge is 2.57. The fourth-order valence-corrected chi connectivity index (χ4v) is 6.82. The van der Waals surface area contributed by atoms with E-state index in [9.17, 15) is 29.1 Å². The van der Waals surface area contributed by atoms with Gasteiger partial charge in [0.2, 0.25) is 12.7 Å². The number of hydrogen-bond donors (Lipinski definition) is 3. The zero-order valence-electron chi connectivity index (χ0n) is 22.1. The largest absolute Gasteiger partial charge is 0.505 e. The van der Waals surface area contributed by atoms with Gasteiger partial charge in [0.1, 0.15) is 5.75 Å². The van der Waals surface area contributed by atoms with Gasteiger partial charge in [0.05, 0.1) is 23.1 Å². The number of nitrogens with one attached hydrogen (secondary N) is 1. The molecule has 11 heteroatoms. The van der Waals surface area contributed by atoms with Gasteiger partial charge in [0, 0.05) is 32.7 Å². The number of carbonyl (C=O) groups is 5. The maximum absolute atomic E-state index is 13.9. The third-order valence-electron chi connectivity index (χ3n) is 8.60. The molecule has 4 aliphatic rings. The predicted molar refractivity (Wildman–Crippen MR) is 141 cm³/mol. The third-order valence-corrected chi connectivity index (χ3v) is 8.60. The van der Waals surface area contributed by atoms with E-state index in [1.807, 2.05) is 31.1 Å². The molecule has 40 heavy (non-hydrogen) atoms. The number of Topliss-reactive ketones (excluding diaryl/α,β-unsaturated/α-hetero) is 4. The molecule has 5 atom stereocenters. The van der Waals surface area contributed by atoms with Crippen molar-refractivity contribution < 1.29 is 38.6 Å². The lowest BCUT2D eigenvalue weighted by Crippen LogP contribution is -2.56. The SMILES string of the molecule is CN(C)c1cc(NCc2ccc3c(c2)OCO3)c(O)c2c1CC1CC3CC(=O)C(C(N)=O)C(=O)C3C(=O)C1C2=O. The second-order valence-electron chi connectivity index (χ2n) is 11.2. The molecular weight excluding hydrogens is 518 g/mol. The smallest absolute Gasteiger partial charge is 0.235 e. The Labute approximate surface area is 229 Å². The molecule has 11 nitrogen and oxygen atoms in total. The summed E-state index contributed by atoms with van der Waals surface area (Å²) >= 11 is 0. The van der Waals surface area contributed by atoms with Crippen LogP contribution < -0.4 is 25.4 Å². The molecule has 2 saturated carbocycles. The number of benzene rings is 2. The van der Waals surface area contributed by atoms with Crippen molar-refractivity contribution in [2.75, 3.05) is 31.1 Å². The maximum atomic E-state index is 13.9. The molecule has 1 amide bonds. The van der Waals surface area contributed by atoms with Gasteiger partial charge < -0.3 is 30.5 Å². The molecule has 0 bridgehead atoms. The summed E-state index contributed by atoms with van der Waals surface area (Å²) in [6.07, 6.45) is 0.535. The summed E-state index contributed by atoms with van der Waals surface area (Å²) in [7, 11) is 3.66. The van der Waals surface area contributed by atoms with Gasteiger partial charge >= 0.3 is 0 Å². The molecule has 6 rings (SSSR count). The van der Waals surface area contributed by atoms with Gasteiger partial charge in [-0.1, -0.05) is 6.07 Å². The van der Waals surface area contributed by atoms with E-state index in [2.05, 4.69) is 5.32 Å². The Hall–Kier alpha value is -4.41. The lowest BCUT2D eigenvalue weighted by atomic mass is 9.56. The number of rotatable bonds is 5. The number of nitrogens with two attached hydrogens (primary N) is 1. The fraction of sp³-hybridized carbons (Fsp3) is 0.414. The van der Waals surface area contributed by atoms with Crippen LogP contribution in [0, 0.1) is 29.6 Å². The molecule has 3 aliphatic carbocycles. The van der Waals surface area contributed by atoms with Crippen LogP contribution in [0.25, 0.3) is 0 Å². The van der Waals surface area contributed by atoms with Gasteiger partial charge in [-0.3, -0.25) is 24.0 Å². The standard InChI is InChI=1S/C29H29N3O8/c1-32(2)17-9-16(31-10-12-3-4-19-20(5-12)40-11-39-19)25(34)23-15(17)7-13-6-14-8-18(33)24(29(30)38)28(37)22(14)26(35)21(13)27(23)36/h3-5,9,13-14,21-22,24,31,34H,6-8,10-11H2,1-2H3,(H2,30,38). The Balaban J connectivity index is 1.34. The van der Waals surface area contributed by atoms with Crippen LogP contribution in [0.2, 0.25) is 0 Å². The number of phenolic OH excluding ortho intramolecular Hbond substituents is 1. The van der Waals surface area contributed by atoms with Gasteiger partial charge in [0.25, 0.3) is 0 Å². The van der Waals surface area contributed by atoms with Gasteiger partial charge in [-0.15, -0.1) is 0 Å². The van der Waals surface area contributed by atoms with E-state index in [0.29, 0.717) is 47.8 Å². The molecule has 0 radical (unpaired) electrons. The number of ketones is 4. The van der Waals surface area contributed by atoms with Gasteiger partial charge in [-0.05, 0) is 54.0 Å². The first kappa shape index (κ1) is 25.8. The van der Waals surface area contributed by atoms with E-state index in [0.717, 1.165) is 5.56 Å². The highest BCUT2D eigenvalue weighted by atomic mass is 16.7. The van der Waals surface area contributed by atoms with Crippen LogP contribution in [0.3, 0.4) is 0 Å². The van der Waals surface area contributed by atoms with Crippen LogP contribution in [0.15, 0.2) is 24.3 Å². The molecule has 0 aromatic heterocycles. The van der Waals surface area contributed by atoms with Crippen molar-refractivity contribution in [2.45, 2.75) is 25.8 Å². The summed E-state index contributed by atoms with van der Waals surface area (Å²) in [6.45, 7) is 0.468. The maximum Gasteiger partial charge on any atom is 0.235 e. The van der Waals surface area contributed by atoms with Crippen LogP contribution in [0.5, 0.6) is 17.2 Å². The first-order valence-corrected chi connectivity index (χ1v) is 13.2. The Bertz CT molecular complexity index is 1500. The van der Waals surface area contributed by atoms with E-state index in [1.165, 1.54) is 0 Å². The summed E-state index contributed by atoms with van der Waals surface area (Å²) in [5, 5.41) is 14.5. The summed E-state index contributed by atoms with van der Waals surface area (Å²) in [6, 6.07) is 7.26. The number of fused-ring (bicyclic) bond motifs is 4. The number of phenols is 1. The Morgan fingerprint density at radius 3 is 2.48 bits per heavy atom. The van der Waals surface area contributed by atoms with E-state index < -0.39 is 58.6 Å². The van der Waals surface area contributed by atoms with Crippen LogP contribution in [0.4, 0.5) is 11.4 Å². The highest BCUT2D eigenvalue weighted by molar-refractivity contribution is 6.28. The number of aromatic hydroxyl groups is 1. The first-order valence-electron chi connectivity index (χ1n) is 13.2. The van der Waals surface area contributed by atoms with E-state index in [1.54, 1.807) is 12.1 Å². The Kier molecular flexibility index (Phi) is 6.04. The van der Waals surface area contributed by atoms with Gasteiger partial charge in [-0.25, -0.2) is 0 Å². The molecule has 2 fully saturated rings. The van der Waals surface area contributed by atoms with Crippen LogP contribution in [-0.2, 0) is 32.1 Å². The second-order valence-corrected chi connectivity index (χ2v) is 11.2. The van der Waals surface area contributed by atoms with E-state index in [-0.39, 0.29) is 24.5 Å². The number of ether oxygens (including phenoxy) is 2. The minimum atomic E-state index is -1.66. The van der Waals surface area contributed by atoms with Gasteiger partial charge in [-0.2, -0.15) is 0 Å². The number of carbonyl (C=O) groups excluding carboxylic acids is 5. The molecule has 208 valence electrons. The zero-order valence-corrected chi connectivity index (χ0v) is 22.1. The minimum Gasteiger partial charge on any atom is -0.505 e. The molecule has 2 aromatic carbocycles. The molecular formula is C29H29N3O8. The normalized spacial score (nSPS) is 26.6. The zero-order chi connectivity index (χ0) is 28.5. The van der Waals surface area contributed by atoms with E-state index in [4.69, 9.17) is 15.2 Å². The van der Waals surface area contributed by atoms with Crippen molar-refractivity contribution in [1.82, 2.24) is 0 Å². The molecule has 1 aliphatic heterocycles. The molecule has 2 aromatic rings. The number of anilines is 2. The number of nitrogens with zero attached hydrogens (tertiary/aromatic N) is 1. The van der Waals surface area contributed by atoms with Crippen molar-refractivity contribution in [3.8, 4) is 17.2 Å². The molecule has 4 N–H and O–H groups in total. The number of primary amides is 1. The van der Waals surface area contributed by atoms with Crippen molar-refractivity contribution in [1.29, 1.82) is 0 Å². The highest BCUT2D eigenvalue weighted by Crippen LogP contribution is 2.51. The van der Waals surface area contributed by atoms with E-state index >= 15 is 0 Å². The van der Waals surface area contributed by atoms with Gasteiger partial charge in [0.15, 0.2) is 40.5 Å². The van der Waals surface area contributed by atoms with Crippen LogP contribution in [0.1, 0.15) is 34.3 Å². The topological polar surface area (TPSA) is 165 Å². The van der Waals surface area contributed by atoms with Crippen molar-refractivity contribution in [3.63, 3.8) is 0 Å². The summed E-state index contributed by atoms with van der Waals surface area (Å²) in [4.78, 5) is 66.9. The lowest BCUT2D eigenvalue weighted by molar-refractivity contribution is -0.152. The minimum absolute atomic E-state index is 0.0539. The average molecular weight is 548 g/mol. The van der Waals surface area contributed by atoms with Crippen LogP contribution in [-0.4, -0.2) is 55.0 Å². The Morgan fingerprint density at radius 1 is 1.02 bits per heavy atom. The average Bonchev–Trinajstić information content (AvgIpc) is 3.35. The first-order chi connectivity index (χ1) is 19.1. The molecule has 1 heterocycles. The quantitative estimate of drug-likeness (QED) is 0.370. The molecule has 0 saturated heterocycles. The van der Waals surface area contributed by atoms with Crippen LogP contribution >= 0.6 is 0 Å². The van der Waals surface area contributed by atoms with Crippen molar-refractivity contribution >= 4 is 40.4 Å². The number of hydrogen-bond acceptors (Lipinski definition) is 10. The summed E-state index contributed by atoms with van der Waals surface area (Å²) < 4.78 is 10.8. The Morgan fingerprint density at radius 2 is 1.75 bits per heavy atom. The summed E-state index contributed by atoms with van der Waals surface area (Å²) in [5.41, 5.74) is 7.87. The van der Waals surface area contributed by atoms with Crippen molar-refractivity contribution in [2.24, 2.45) is 35.3 Å². The van der Waals surface area contributed by atoms with Crippen molar-refractivity contribution in [3.05, 3.63) is 41.0 Å². The molecule has 5 unspecified atom stereocenters. The monoisotopic (exact) mass is 547 g/mol. The second kappa shape index (κ2) is 9.35. The number of amides is 1. The fourth-order valence-electron chi connectivity index (χ4n) is 6.82. The molecule has 0 spiro atoms.